The first-order chi connectivity index (χ1) is 8.01. The van der Waals surface area contributed by atoms with Crippen LogP contribution in [0.2, 0.25) is 5.02 Å². The summed E-state index contributed by atoms with van der Waals surface area (Å²) < 4.78 is 26.3. The summed E-state index contributed by atoms with van der Waals surface area (Å²) >= 11 is 6.03. The Morgan fingerprint density at radius 3 is 2.41 bits per heavy atom. The van der Waals surface area contributed by atoms with Gasteiger partial charge in [0, 0.05) is 13.1 Å². The van der Waals surface area contributed by atoms with Crippen molar-refractivity contribution < 1.29 is 8.42 Å². The van der Waals surface area contributed by atoms with Gasteiger partial charge in [-0.2, -0.15) is 4.31 Å². The van der Waals surface area contributed by atoms with Crippen LogP contribution in [0.5, 0.6) is 0 Å². The van der Waals surface area contributed by atoms with E-state index in [1.165, 1.54) is 4.31 Å². The molecule has 1 heterocycles. The van der Waals surface area contributed by atoms with E-state index in [4.69, 9.17) is 11.6 Å². The third kappa shape index (κ3) is 2.64. The molecule has 3 nitrogen and oxygen atoms in total. The molecule has 1 fully saturated rings. The molecule has 1 aliphatic heterocycles. The van der Waals surface area contributed by atoms with E-state index in [0.717, 1.165) is 24.8 Å². The van der Waals surface area contributed by atoms with Gasteiger partial charge < -0.3 is 0 Å². The summed E-state index contributed by atoms with van der Waals surface area (Å²) in [6.45, 7) is 3.10. The fourth-order valence-corrected chi connectivity index (χ4v) is 4.15. The number of nitrogens with zero attached hydrogens (tertiary/aromatic N) is 1. The Labute approximate surface area is 107 Å². The van der Waals surface area contributed by atoms with Crippen molar-refractivity contribution >= 4 is 21.6 Å². The molecule has 0 atom stereocenters. The van der Waals surface area contributed by atoms with Crippen molar-refractivity contribution in [3.8, 4) is 0 Å². The molecule has 94 valence electrons. The van der Waals surface area contributed by atoms with E-state index in [-0.39, 0.29) is 4.90 Å². The molecule has 5 heteroatoms. The van der Waals surface area contributed by atoms with Gasteiger partial charge in [0.1, 0.15) is 4.90 Å². The second-order valence-electron chi connectivity index (χ2n) is 4.40. The van der Waals surface area contributed by atoms with Crippen LogP contribution in [-0.4, -0.2) is 25.8 Å². The van der Waals surface area contributed by atoms with Gasteiger partial charge in [-0.1, -0.05) is 24.1 Å². The first-order valence-corrected chi connectivity index (χ1v) is 7.60. The summed E-state index contributed by atoms with van der Waals surface area (Å²) in [5.74, 6) is 0. The van der Waals surface area contributed by atoms with Gasteiger partial charge in [-0.3, -0.25) is 0 Å². The van der Waals surface area contributed by atoms with Crippen LogP contribution < -0.4 is 0 Å². The number of piperidine rings is 1. The van der Waals surface area contributed by atoms with Crippen LogP contribution in [0.3, 0.4) is 0 Å². The van der Waals surface area contributed by atoms with Crippen LogP contribution in [0.25, 0.3) is 0 Å². The molecule has 0 bridgehead atoms. The van der Waals surface area contributed by atoms with Crippen molar-refractivity contribution in [2.75, 3.05) is 13.1 Å². The van der Waals surface area contributed by atoms with Crippen molar-refractivity contribution in [3.05, 3.63) is 28.8 Å². The van der Waals surface area contributed by atoms with Crippen LogP contribution in [0, 0.1) is 6.92 Å². The van der Waals surface area contributed by atoms with E-state index in [2.05, 4.69) is 0 Å². The van der Waals surface area contributed by atoms with E-state index >= 15 is 0 Å². The molecule has 0 radical (unpaired) electrons. The van der Waals surface area contributed by atoms with Gasteiger partial charge in [-0.15, -0.1) is 0 Å². The topological polar surface area (TPSA) is 37.4 Å². The molecule has 2 rings (SSSR count). The van der Waals surface area contributed by atoms with Crippen molar-refractivity contribution in [1.29, 1.82) is 0 Å². The highest BCUT2D eigenvalue weighted by Gasteiger charge is 2.27. The number of sulfonamides is 1. The Morgan fingerprint density at radius 2 is 1.82 bits per heavy atom. The second-order valence-corrected chi connectivity index (χ2v) is 6.71. The summed E-state index contributed by atoms with van der Waals surface area (Å²) in [7, 11) is -3.41. The Bertz CT molecular complexity index is 507. The van der Waals surface area contributed by atoms with Crippen LogP contribution >= 0.6 is 11.6 Å². The van der Waals surface area contributed by atoms with E-state index in [9.17, 15) is 8.42 Å². The summed E-state index contributed by atoms with van der Waals surface area (Å²) in [6.07, 6.45) is 2.97. The van der Waals surface area contributed by atoms with Gasteiger partial charge in [0.15, 0.2) is 0 Å². The highest BCUT2D eigenvalue weighted by atomic mass is 35.5. The molecular formula is C12H16ClNO2S. The number of benzene rings is 1. The predicted molar refractivity (Wildman–Crippen MR) is 68.8 cm³/mol. The van der Waals surface area contributed by atoms with Crippen LogP contribution in [0.1, 0.15) is 24.8 Å². The lowest BCUT2D eigenvalue weighted by molar-refractivity contribution is 0.346. The van der Waals surface area contributed by atoms with E-state index in [0.29, 0.717) is 18.1 Å². The molecule has 0 amide bonds. The van der Waals surface area contributed by atoms with E-state index in [1.807, 2.05) is 6.92 Å². The first-order valence-electron chi connectivity index (χ1n) is 5.78. The molecule has 0 N–H and O–H groups in total. The lowest BCUT2D eigenvalue weighted by Crippen LogP contribution is -2.35. The van der Waals surface area contributed by atoms with Gasteiger partial charge in [0.05, 0.1) is 5.02 Å². The van der Waals surface area contributed by atoms with Crippen LogP contribution in [0.15, 0.2) is 23.1 Å². The fourth-order valence-electron chi connectivity index (χ4n) is 2.06. The maximum Gasteiger partial charge on any atom is 0.244 e. The minimum absolute atomic E-state index is 0.228. The molecule has 1 aliphatic rings. The van der Waals surface area contributed by atoms with Crippen LogP contribution in [0.4, 0.5) is 0 Å². The maximum absolute atomic E-state index is 12.4. The summed E-state index contributed by atoms with van der Waals surface area (Å²) in [4.78, 5) is 0.228. The lowest BCUT2D eigenvalue weighted by atomic mass is 10.2. The fraction of sp³-hybridized carbons (Fsp3) is 0.500. The molecule has 1 aromatic carbocycles. The molecule has 0 aromatic heterocycles. The van der Waals surface area contributed by atoms with E-state index in [1.54, 1.807) is 18.2 Å². The maximum atomic E-state index is 12.4. The number of hydrogen-bond donors (Lipinski definition) is 0. The zero-order valence-electron chi connectivity index (χ0n) is 9.82. The third-order valence-electron chi connectivity index (χ3n) is 3.02. The number of hydrogen-bond acceptors (Lipinski definition) is 2. The Hall–Kier alpha value is -0.580. The Morgan fingerprint density at radius 1 is 1.18 bits per heavy atom. The summed E-state index contributed by atoms with van der Waals surface area (Å²) in [5.41, 5.74) is 0.965. The molecule has 17 heavy (non-hydrogen) atoms. The van der Waals surface area contributed by atoms with Gasteiger partial charge in [-0.25, -0.2) is 8.42 Å². The molecule has 1 aromatic rings. The van der Waals surface area contributed by atoms with Gasteiger partial charge in [-0.05, 0) is 37.5 Å². The number of aryl methyl sites for hydroxylation is 1. The average molecular weight is 274 g/mol. The molecule has 0 aliphatic carbocycles. The van der Waals surface area contributed by atoms with Crippen molar-refractivity contribution in [2.45, 2.75) is 31.1 Å². The monoisotopic (exact) mass is 273 g/mol. The van der Waals surface area contributed by atoms with Crippen molar-refractivity contribution in [2.24, 2.45) is 0 Å². The highest BCUT2D eigenvalue weighted by Crippen LogP contribution is 2.27. The third-order valence-corrected chi connectivity index (χ3v) is 5.40. The second kappa shape index (κ2) is 4.96. The van der Waals surface area contributed by atoms with Gasteiger partial charge >= 0.3 is 0 Å². The zero-order chi connectivity index (χ0) is 12.5. The van der Waals surface area contributed by atoms with Crippen molar-refractivity contribution in [3.63, 3.8) is 0 Å². The van der Waals surface area contributed by atoms with Crippen LogP contribution in [-0.2, 0) is 10.0 Å². The average Bonchev–Trinajstić information content (AvgIpc) is 2.29. The number of halogens is 1. The normalized spacial score (nSPS) is 18.2. The SMILES string of the molecule is Cc1ccc(S(=O)(=O)N2CCCCC2)c(Cl)c1. The smallest absolute Gasteiger partial charge is 0.207 e. The van der Waals surface area contributed by atoms with Crippen molar-refractivity contribution in [1.82, 2.24) is 4.31 Å². The van der Waals surface area contributed by atoms with Gasteiger partial charge in [0.25, 0.3) is 0 Å². The van der Waals surface area contributed by atoms with E-state index < -0.39 is 10.0 Å². The molecule has 0 spiro atoms. The summed E-state index contributed by atoms with van der Waals surface area (Å²) in [5, 5.41) is 0.315. The highest BCUT2D eigenvalue weighted by molar-refractivity contribution is 7.89. The summed E-state index contributed by atoms with van der Waals surface area (Å²) in [6, 6.07) is 5.07. The Kier molecular flexibility index (Phi) is 3.76. The minimum Gasteiger partial charge on any atom is -0.207 e. The largest absolute Gasteiger partial charge is 0.244 e. The molecule has 1 saturated heterocycles. The quantitative estimate of drug-likeness (QED) is 0.831. The molecule has 0 saturated carbocycles. The lowest BCUT2D eigenvalue weighted by Gasteiger charge is -2.26. The molecule has 0 unspecified atom stereocenters. The Balaban J connectivity index is 2.37. The standard InChI is InChI=1S/C12H16ClNO2S/c1-10-5-6-12(11(13)9-10)17(15,16)14-7-3-2-4-8-14/h5-6,9H,2-4,7-8H2,1H3. The number of rotatable bonds is 2. The molecular weight excluding hydrogens is 258 g/mol. The first kappa shape index (κ1) is 12.9. The minimum atomic E-state index is -3.41. The predicted octanol–water partition coefficient (Wildman–Crippen LogP) is 2.82. The van der Waals surface area contributed by atoms with Gasteiger partial charge in [0.2, 0.25) is 10.0 Å². The zero-order valence-corrected chi connectivity index (χ0v) is 11.4.